The smallest absolute Gasteiger partial charge is 0.407 e. The third kappa shape index (κ3) is 4.68. The first-order chi connectivity index (χ1) is 7.37. The van der Waals surface area contributed by atoms with Crippen molar-refractivity contribution >= 4 is 11.9 Å². The number of hydrogen-bond acceptors (Lipinski definition) is 4. The van der Waals surface area contributed by atoms with Crippen LogP contribution in [0.25, 0.3) is 0 Å². The number of carbonyl (C=O) groups is 1. The summed E-state index contributed by atoms with van der Waals surface area (Å²) in [6, 6.07) is 1.70. The van der Waals surface area contributed by atoms with E-state index in [2.05, 4.69) is 10.4 Å². The van der Waals surface area contributed by atoms with E-state index >= 15 is 0 Å². The average molecular weight is 226 g/mol. The minimum absolute atomic E-state index is 0.423. The van der Waals surface area contributed by atoms with Gasteiger partial charge in [0.15, 0.2) is 0 Å². The van der Waals surface area contributed by atoms with Gasteiger partial charge in [-0.3, -0.25) is 4.68 Å². The van der Waals surface area contributed by atoms with Crippen LogP contribution in [0, 0.1) is 0 Å². The maximum atomic E-state index is 11.3. The summed E-state index contributed by atoms with van der Waals surface area (Å²) in [5, 5.41) is 6.62. The standard InChI is InChI=1S/C10H18N4O2/c1-10(2,3)16-9(15)12-5-7-14-6-4-8(11)13-14/h4,6H,5,7H2,1-3H3,(H2,11,13)(H,12,15). The van der Waals surface area contributed by atoms with E-state index in [0.717, 1.165) is 0 Å². The monoisotopic (exact) mass is 226 g/mol. The van der Waals surface area contributed by atoms with Crippen LogP contribution < -0.4 is 11.1 Å². The molecule has 0 unspecified atom stereocenters. The van der Waals surface area contributed by atoms with Crippen LogP contribution in [-0.2, 0) is 11.3 Å². The van der Waals surface area contributed by atoms with Crippen molar-refractivity contribution in [3.05, 3.63) is 12.3 Å². The number of anilines is 1. The summed E-state index contributed by atoms with van der Waals surface area (Å²) < 4.78 is 6.74. The van der Waals surface area contributed by atoms with Crippen molar-refractivity contribution in [2.45, 2.75) is 32.9 Å². The molecule has 1 rings (SSSR count). The van der Waals surface area contributed by atoms with Crippen molar-refractivity contribution in [2.75, 3.05) is 12.3 Å². The van der Waals surface area contributed by atoms with Crippen LogP contribution in [0.1, 0.15) is 20.8 Å². The number of carbonyl (C=O) groups excluding carboxylic acids is 1. The first kappa shape index (κ1) is 12.4. The zero-order chi connectivity index (χ0) is 12.2. The molecule has 0 radical (unpaired) electrons. The van der Waals surface area contributed by atoms with E-state index in [0.29, 0.717) is 18.9 Å². The highest BCUT2D eigenvalue weighted by Gasteiger charge is 2.15. The van der Waals surface area contributed by atoms with Gasteiger partial charge in [-0.25, -0.2) is 4.79 Å². The van der Waals surface area contributed by atoms with Gasteiger partial charge in [0.05, 0.1) is 6.54 Å². The first-order valence-corrected chi connectivity index (χ1v) is 5.12. The van der Waals surface area contributed by atoms with Crippen LogP contribution >= 0.6 is 0 Å². The van der Waals surface area contributed by atoms with Gasteiger partial charge in [-0.05, 0) is 26.8 Å². The van der Waals surface area contributed by atoms with Gasteiger partial charge in [0.1, 0.15) is 11.4 Å². The van der Waals surface area contributed by atoms with E-state index in [4.69, 9.17) is 10.5 Å². The number of nitrogens with one attached hydrogen (secondary N) is 1. The molecule has 0 fully saturated rings. The normalized spacial score (nSPS) is 11.2. The summed E-state index contributed by atoms with van der Waals surface area (Å²) in [6.45, 7) is 6.48. The Labute approximate surface area is 94.8 Å². The van der Waals surface area contributed by atoms with E-state index < -0.39 is 11.7 Å². The molecule has 3 N–H and O–H groups in total. The van der Waals surface area contributed by atoms with E-state index in [1.165, 1.54) is 0 Å². The number of ether oxygens (including phenoxy) is 1. The third-order valence-corrected chi connectivity index (χ3v) is 1.67. The zero-order valence-electron chi connectivity index (χ0n) is 9.86. The summed E-state index contributed by atoms with van der Waals surface area (Å²) in [5.41, 5.74) is 4.98. The largest absolute Gasteiger partial charge is 0.444 e. The lowest BCUT2D eigenvalue weighted by Gasteiger charge is -2.19. The van der Waals surface area contributed by atoms with Crippen molar-refractivity contribution in [1.82, 2.24) is 15.1 Å². The van der Waals surface area contributed by atoms with Crippen molar-refractivity contribution in [3.63, 3.8) is 0 Å². The minimum atomic E-state index is -0.472. The Morgan fingerprint density at radius 3 is 2.81 bits per heavy atom. The molecule has 1 aromatic rings. The molecule has 0 saturated heterocycles. The lowest BCUT2D eigenvalue weighted by molar-refractivity contribution is 0.0525. The van der Waals surface area contributed by atoms with Gasteiger partial charge in [0, 0.05) is 12.7 Å². The highest BCUT2D eigenvalue weighted by Crippen LogP contribution is 2.06. The summed E-state index contributed by atoms with van der Waals surface area (Å²) in [7, 11) is 0. The second-order valence-electron chi connectivity index (χ2n) is 4.43. The van der Waals surface area contributed by atoms with Crippen molar-refractivity contribution in [1.29, 1.82) is 0 Å². The summed E-state index contributed by atoms with van der Waals surface area (Å²) in [6.07, 6.45) is 1.33. The molecule has 0 aliphatic carbocycles. The number of aromatic nitrogens is 2. The molecule has 6 heteroatoms. The Balaban J connectivity index is 2.23. The van der Waals surface area contributed by atoms with E-state index in [-0.39, 0.29) is 0 Å². The quantitative estimate of drug-likeness (QED) is 0.805. The molecule has 90 valence electrons. The number of nitrogens with zero attached hydrogens (tertiary/aromatic N) is 2. The second-order valence-corrected chi connectivity index (χ2v) is 4.43. The number of rotatable bonds is 3. The maximum absolute atomic E-state index is 11.3. The van der Waals surface area contributed by atoms with Crippen LogP contribution in [0.2, 0.25) is 0 Å². The summed E-state index contributed by atoms with van der Waals surface area (Å²) in [4.78, 5) is 11.3. The molecule has 0 aliphatic rings. The molecule has 0 atom stereocenters. The highest BCUT2D eigenvalue weighted by atomic mass is 16.6. The van der Waals surface area contributed by atoms with Gasteiger partial charge in [-0.15, -0.1) is 0 Å². The number of nitrogen functional groups attached to an aromatic ring is 1. The molecule has 1 aromatic heterocycles. The number of nitrogens with two attached hydrogens (primary N) is 1. The van der Waals surface area contributed by atoms with Gasteiger partial charge in [-0.1, -0.05) is 0 Å². The molecule has 0 spiro atoms. The highest BCUT2D eigenvalue weighted by molar-refractivity contribution is 5.67. The maximum Gasteiger partial charge on any atom is 0.407 e. The van der Waals surface area contributed by atoms with Gasteiger partial charge in [-0.2, -0.15) is 5.10 Å². The zero-order valence-corrected chi connectivity index (χ0v) is 9.86. The van der Waals surface area contributed by atoms with Crippen molar-refractivity contribution in [3.8, 4) is 0 Å². The predicted octanol–water partition coefficient (Wildman–Crippen LogP) is 0.990. The fraction of sp³-hybridized carbons (Fsp3) is 0.600. The lowest BCUT2D eigenvalue weighted by Crippen LogP contribution is -2.34. The van der Waals surface area contributed by atoms with Crippen molar-refractivity contribution in [2.24, 2.45) is 0 Å². The van der Waals surface area contributed by atoms with Crippen molar-refractivity contribution < 1.29 is 9.53 Å². The fourth-order valence-electron chi connectivity index (χ4n) is 1.09. The molecule has 0 aromatic carbocycles. The third-order valence-electron chi connectivity index (χ3n) is 1.67. The number of amides is 1. The average Bonchev–Trinajstić information content (AvgIpc) is 2.48. The Hall–Kier alpha value is -1.72. The lowest BCUT2D eigenvalue weighted by atomic mass is 10.2. The van der Waals surface area contributed by atoms with Crippen LogP contribution in [0.4, 0.5) is 10.6 Å². The Morgan fingerprint density at radius 2 is 2.31 bits per heavy atom. The van der Waals surface area contributed by atoms with Gasteiger partial charge in [0.25, 0.3) is 0 Å². The van der Waals surface area contributed by atoms with Crippen LogP contribution in [0.15, 0.2) is 12.3 Å². The first-order valence-electron chi connectivity index (χ1n) is 5.12. The molecular formula is C10H18N4O2. The molecule has 1 amide bonds. The minimum Gasteiger partial charge on any atom is -0.444 e. The van der Waals surface area contributed by atoms with Crippen LogP contribution in [-0.4, -0.2) is 28.0 Å². The Kier molecular flexibility index (Phi) is 3.76. The fourth-order valence-corrected chi connectivity index (χ4v) is 1.09. The molecule has 16 heavy (non-hydrogen) atoms. The van der Waals surface area contributed by atoms with Gasteiger partial charge < -0.3 is 15.8 Å². The Morgan fingerprint density at radius 1 is 1.62 bits per heavy atom. The molecular weight excluding hydrogens is 208 g/mol. The van der Waals surface area contributed by atoms with E-state index in [1.807, 2.05) is 20.8 Å². The number of alkyl carbamates (subject to hydrolysis) is 1. The summed E-state index contributed by atoms with van der Waals surface area (Å²) >= 11 is 0. The van der Waals surface area contributed by atoms with Crippen LogP contribution in [0.3, 0.4) is 0 Å². The Bertz CT molecular complexity index is 354. The van der Waals surface area contributed by atoms with E-state index in [1.54, 1.807) is 16.9 Å². The summed E-state index contributed by atoms with van der Waals surface area (Å²) in [5.74, 6) is 0.470. The predicted molar refractivity (Wildman–Crippen MR) is 60.9 cm³/mol. The van der Waals surface area contributed by atoms with Crippen LogP contribution in [0.5, 0.6) is 0 Å². The molecule has 0 aliphatic heterocycles. The SMILES string of the molecule is CC(C)(C)OC(=O)NCCn1ccc(N)n1. The molecule has 0 saturated carbocycles. The van der Waals surface area contributed by atoms with E-state index in [9.17, 15) is 4.79 Å². The van der Waals surface area contributed by atoms with Gasteiger partial charge in [0.2, 0.25) is 0 Å². The second kappa shape index (κ2) is 4.87. The number of hydrogen-bond donors (Lipinski definition) is 2. The molecule has 6 nitrogen and oxygen atoms in total. The molecule has 1 heterocycles. The molecule has 0 bridgehead atoms. The topological polar surface area (TPSA) is 82.2 Å². The van der Waals surface area contributed by atoms with Gasteiger partial charge >= 0.3 is 6.09 Å².